The first-order valence-corrected chi connectivity index (χ1v) is 7.79. The predicted molar refractivity (Wildman–Crippen MR) is 87.6 cm³/mol. The molecule has 1 heterocycles. The van der Waals surface area contributed by atoms with E-state index in [0.29, 0.717) is 18.8 Å². The second kappa shape index (κ2) is 6.89. The lowest BCUT2D eigenvalue weighted by Crippen LogP contribution is -2.25. The highest BCUT2D eigenvalue weighted by Crippen LogP contribution is 2.15. The zero-order valence-electron chi connectivity index (χ0n) is 14.4. The quantitative estimate of drug-likeness (QED) is 0.793. The molecule has 0 aliphatic heterocycles. The number of ether oxygens (including phenoxy) is 1. The fourth-order valence-electron chi connectivity index (χ4n) is 2.15. The summed E-state index contributed by atoms with van der Waals surface area (Å²) >= 11 is 0. The van der Waals surface area contributed by atoms with Crippen molar-refractivity contribution in [2.75, 3.05) is 0 Å². The summed E-state index contributed by atoms with van der Waals surface area (Å²) in [5, 5.41) is 12.5. The Hall–Kier alpha value is -2.24. The first kappa shape index (κ1) is 17.1. The average Bonchev–Trinajstić information content (AvgIpc) is 2.85. The van der Waals surface area contributed by atoms with Crippen LogP contribution in [0.2, 0.25) is 0 Å². The number of benzene rings is 1. The monoisotopic (exact) mass is 316 g/mol. The minimum absolute atomic E-state index is 0.0740. The number of carbonyl (C=O) groups is 1. The molecule has 0 aliphatic carbocycles. The van der Waals surface area contributed by atoms with Gasteiger partial charge >= 0.3 is 5.97 Å². The molecule has 6 nitrogen and oxygen atoms in total. The number of hydrogen-bond acceptors (Lipinski definition) is 5. The second-order valence-corrected chi connectivity index (χ2v) is 6.93. The van der Waals surface area contributed by atoms with Gasteiger partial charge in [0.2, 0.25) is 5.82 Å². The van der Waals surface area contributed by atoms with Crippen LogP contribution in [0.3, 0.4) is 0 Å². The highest BCUT2D eigenvalue weighted by Gasteiger charge is 2.19. The Morgan fingerprint density at radius 2 is 1.91 bits per heavy atom. The smallest absolute Gasteiger partial charge is 0.306 e. The molecule has 6 heteroatoms. The largest absolute Gasteiger partial charge is 0.460 e. The Morgan fingerprint density at radius 1 is 1.26 bits per heavy atom. The van der Waals surface area contributed by atoms with Gasteiger partial charge in [0.25, 0.3) is 0 Å². The molecule has 0 N–H and O–H groups in total. The van der Waals surface area contributed by atoms with Crippen LogP contribution in [-0.4, -0.2) is 31.8 Å². The molecule has 1 aromatic carbocycles. The second-order valence-electron chi connectivity index (χ2n) is 6.93. The van der Waals surface area contributed by atoms with Crippen LogP contribution in [0, 0.1) is 12.8 Å². The lowest BCUT2D eigenvalue weighted by Gasteiger charge is -2.20. The molecule has 0 amide bonds. The number of hydrogen-bond donors (Lipinski definition) is 0. The Labute approximate surface area is 136 Å². The third kappa shape index (κ3) is 5.47. The number of aromatic nitrogens is 4. The van der Waals surface area contributed by atoms with Crippen molar-refractivity contribution >= 4 is 5.97 Å². The Bertz CT molecular complexity index is 656. The lowest BCUT2D eigenvalue weighted by molar-refractivity contribution is -0.155. The number of aryl methyl sites for hydroxylation is 1. The van der Waals surface area contributed by atoms with Crippen molar-refractivity contribution in [2.45, 2.75) is 53.2 Å². The van der Waals surface area contributed by atoms with Crippen LogP contribution in [-0.2, 0) is 16.1 Å². The zero-order valence-corrected chi connectivity index (χ0v) is 14.4. The molecule has 1 atom stereocenters. The first-order valence-electron chi connectivity index (χ1n) is 7.79. The Balaban J connectivity index is 1.93. The van der Waals surface area contributed by atoms with Crippen LogP contribution in [0.15, 0.2) is 24.3 Å². The predicted octanol–water partition coefficient (Wildman–Crippen LogP) is 3.02. The van der Waals surface area contributed by atoms with Crippen molar-refractivity contribution in [1.29, 1.82) is 0 Å². The molecule has 1 aromatic heterocycles. The SMILES string of the molecule is Cc1ccc(-c2nnn(C[C@H](C)CC(=O)OC(C)(C)C)n2)cc1. The van der Waals surface area contributed by atoms with Crippen molar-refractivity contribution in [3.8, 4) is 11.4 Å². The van der Waals surface area contributed by atoms with Crippen molar-refractivity contribution in [3.63, 3.8) is 0 Å². The topological polar surface area (TPSA) is 69.9 Å². The molecular weight excluding hydrogens is 292 g/mol. The summed E-state index contributed by atoms with van der Waals surface area (Å²) in [5.74, 6) is 0.461. The van der Waals surface area contributed by atoms with Gasteiger partial charge in [-0.25, -0.2) is 0 Å². The van der Waals surface area contributed by atoms with Crippen LogP contribution in [0.25, 0.3) is 11.4 Å². The Kier molecular flexibility index (Phi) is 5.13. The summed E-state index contributed by atoms with van der Waals surface area (Å²) in [6.45, 7) is 10.1. The van der Waals surface area contributed by atoms with E-state index in [1.165, 1.54) is 10.4 Å². The van der Waals surface area contributed by atoms with Crippen LogP contribution in [0.4, 0.5) is 0 Å². The zero-order chi connectivity index (χ0) is 17.0. The van der Waals surface area contributed by atoms with E-state index in [2.05, 4.69) is 15.4 Å². The van der Waals surface area contributed by atoms with E-state index in [9.17, 15) is 4.79 Å². The molecule has 0 spiro atoms. The summed E-state index contributed by atoms with van der Waals surface area (Å²) in [6, 6.07) is 7.98. The normalized spacial score (nSPS) is 12.9. The molecule has 0 saturated heterocycles. The van der Waals surface area contributed by atoms with Crippen LogP contribution in [0.1, 0.15) is 39.7 Å². The maximum atomic E-state index is 11.8. The van der Waals surface area contributed by atoms with E-state index >= 15 is 0 Å². The molecule has 0 unspecified atom stereocenters. The third-order valence-corrected chi connectivity index (χ3v) is 3.17. The fourth-order valence-corrected chi connectivity index (χ4v) is 2.15. The van der Waals surface area contributed by atoms with Gasteiger partial charge in [-0.05, 0) is 38.8 Å². The van der Waals surface area contributed by atoms with Crippen LogP contribution < -0.4 is 0 Å². The van der Waals surface area contributed by atoms with Gasteiger partial charge in [-0.3, -0.25) is 4.79 Å². The van der Waals surface area contributed by atoms with E-state index in [0.717, 1.165) is 5.56 Å². The minimum Gasteiger partial charge on any atom is -0.460 e. The van der Waals surface area contributed by atoms with Crippen LogP contribution >= 0.6 is 0 Å². The standard InChI is InChI=1S/C17H24N4O2/c1-12-6-8-14(9-7-12)16-18-20-21(19-16)11-13(2)10-15(22)23-17(3,4)5/h6-9,13H,10-11H2,1-5H3/t13-/m1/s1. The van der Waals surface area contributed by atoms with Gasteiger partial charge in [-0.15, -0.1) is 10.2 Å². The molecule has 23 heavy (non-hydrogen) atoms. The summed E-state index contributed by atoms with van der Waals surface area (Å²) in [6.07, 6.45) is 0.332. The number of tetrazole rings is 1. The number of carbonyl (C=O) groups excluding carboxylic acids is 1. The van der Waals surface area contributed by atoms with E-state index in [1.54, 1.807) is 0 Å². The van der Waals surface area contributed by atoms with Crippen molar-refractivity contribution in [2.24, 2.45) is 5.92 Å². The molecule has 0 radical (unpaired) electrons. The summed E-state index contributed by atoms with van der Waals surface area (Å²) in [7, 11) is 0. The molecule has 2 rings (SSSR count). The highest BCUT2D eigenvalue weighted by atomic mass is 16.6. The fraction of sp³-hybridized carbons (Fsp3) is 0.529. The lowest BCUT2D eigenvalue weighted by atomic mass is 10.1. The van der Waals surface area contributed by atoms with Gasteiger partial charge in [-0.1, -0.05) is 36.8 Å². The van der Waals surface area contributed by atoms with Gasteiger partial charge in [0, 0.05) is 12.0 Å². The number of rotatable bonds is 5. The van der Waals surface area contributed by atoms with Gasteiger partial charge < -0.3 is 4.74 Å². The summed E-state index contributed by atoms with van der Waals surface area (Å²) < 4.78 is 5.33. The van der Waals surface area contributed by atoms with E-state index in [1.807, 2.05) is 58.9 Å². The average molecular weight is 316 g/mol. The van der Waals surface area contributed by atoms with Gasteiger partial charge in [-0.2, -0.15) is 4.80 Å². The van der Waals surface area contributed by atoms with Gasteiger partial charge in [0.1, 0.15) is 5.60 Å². The van der Waals surface area contributed by atoms with Crippen molar-refractivity contribution in [1.82, 2.24) is 20.2 Å². The summed E-state index contributed by atoms with van der Waals surface area (Å²) in [5.41, 5.74) is 1.66. The highest BCUT2D eigenvalue weighted by molar-refractivity contribution is 5.70. The Morgan fingerprint density at radius 3 is 2.52 bits per heavy atom. The molecule has 124 valence electrons. The minimum atomic E-state index is -0.457. The van der Waals surface area contributed by atoms with Gasteiger partial charge in [0.05, 0.1) is 6.54 Å². The molecule has 0 fully saturated rings. The number of nitrogens with zero attached hydrogens (tertiary/aromatic N) is 4. The summed E-state index contributed by atoms with van der Waals surface area (Å²) in [4.78, 5) is 13.4. The maximum absolute atomic E-state index is 11.8. The maximum Gasteiger partial charge on any atom is 0.306 e. The van der Waals surface area contributed by atoms with E-state index in [-0.39, 0.29) is 11.9 Å². The molecule has 0 saturated carbocycles. The molecular formula is C17H24N4O2. The molecule has 0 aliphatic rings. The first-order chi connectivity index (χ1) is 10.7. The van der Waals surface area contributed by atoms with Crippen LogP contribution in [0.5, 0.6) is 0 Å². The van der Waals surface area contributed by atoms with Crippen molar-refractivity contribution in [3.05, 3.63) is 29.8 Å². The third-order valence-electron chi connectivity index (χ3n) is 3.17. The van der Waals surface area contributed by atoms with E-state index < -0.39 is 5.60 Å². The molecule has 0 bridgehead atoms. The van der Waals surface area contributed by atoms with Crippen molar-refractivity contribution < 1.29 is 9.53 Å². The molecule has 2 aromatic rings. The van der Waals surface area contributed by atoms with E-state index in [4.69, 9.17) is 4.74 Å². The number of esters is 1. The van der Waals surface area contributed by atoms with Gasteiger partial charge in [0.15, 0.2) is 0 Å².